The van der Waals surface area contributed by atoms with Crippen LogP contribution in [0, 0.1) is 6.92 Å². The quantitative estimate of drug-likeness (QED) is 0.599. The molecule has 0 saturated heterocycles. The molecule has 0 radical (unpaired) electrons. The fourth-order valence-corrected chi connectivity index (χ4v) is 3.11. The van der Waals surface area contributed by atoms with Gasteiger partial charge in [0.1, 0.15) is 5.69 Å². The third-order valence-electron chi connectivity index (χ3n) is 3.67. The van der Waals surface area contributed by atoms with E-state index in [1.165, 1.54) is 11.3 Å². The number of hydrogen-bond donors (Lipinski definition) is 2. The molecule has 0 spiro atoms. The summed E-state index contributed by atoms with van der Waals surface area (Å²) in [6.07, 6.45) is 5.18. The second-order valence-electron chi connectivity index (χ2n) is 5.30. The number of carbonyl (C=O) groups excluding carboxylic acids is 1. The zero-order chi connectivity index (χ0) is 16.5. The lowest BCUT2D eigenvalue weighted by Gasteiger charge is -2.08. The van der Waals surface area contributed by atoms with Crippen LogP contribution in [0.15, 0.2) is 48.2 Å². The van der Waals surface area contributed by atoms with E-state index in [4.69, 9.17) is 0 Å². The number of carbonyl (C=O) groups is 1. The monoisotopic (exact) mass is 335 g/mol. The number of benzene rings is 1. The molecule has 4 aromatic rings. The number of amides is 1. The smallest absolute Gasteiger partial charge is 0.275 e. The first-order valence-electron chi connectivity index (χ1n) is 7.32. The summed E-state index contributed by atoms with van der Waals surface area (Å²) in [6.45, 7) is 1.87. The highest BCUT2D eigenvalue weighted by Crippen LogP contribution is 2.30. The number of nitrogens with zero attached hydrogens (tertiary/aromatic N) is 3. The first-order valence-corrected chi connectivity index (χ1v) is 8.20. The molecule has 1 aromatic carbocycles. The number of anilines is 1. The number of fused-ring (bicyclic) bond motifs is 1. The second-order valence-corrected chi connectivity index (χ2v) is 6.36. The molecule has 7 heteroatoms. The first-order chi connectivity index (χ1) is 11.7. The summed E-state index contributed by atoms with van der Waals surface area (Å²) in [5.74, 6) is -0.228. The van der Waals surface area contributed by atoms with Crippen LogP contribution in [0.2, 0.25) is 0 Å². The maximum Gasteiger partial charge on any atom is 0.275 e. The normalized spacial score (nSPS) is 10.9. The van der Waals surface area contributed by atoms with Crippen molar-refractivity contribution < 1.29 is 4.79 Å². The van der Waals surface area contributed by atoms with Crippen LogP contribution in [0.3, 0.4) is 0 Å². The van der Waals surface area contributed by atoms with Gasteiger partial charge < -0.3 is 5.32 Å². The van der Waals surface area contributed by atoms with Crippen molar-refractivity contribution in [1.29, 1.82) is 0 Å². The fraction of sp³-hybridized carbons (Fsp3) is 0.0588. The van der Waals surface area contributed by atoms with Gasteiger partial charge in [0.05, 0.1) is 22.4 Å². The van der Waals surface area contributed by atoms with Crippen LogP contribution in [0.5, 0.6) is 0 Å². The van der Waals surface area contributed by atoms with Crippen molar-refractivity contribution in [3.63, 3.8) is 0 Å². The van der Waals surface area contributed by atoms with E-state index in [9.17, 15) is 4.79 Å². The van der Waals surface area contributed by atoms with E-state index in [1.54, 1.807) is 24.0 Å². The molecule has 0 unspecified atom stereocenters. The second kappa shape index (κ2) is 5.86. The van der Waals surface area contributed by atoms with Crippen LogP contribution in [0.4, 0.5) is 5.69 Å². The SMILES string of the molecule is Cc1nc(C(=O)Nc2cc(-c3ccncc3)cc3[nH]ncc23)cs1. The molecule has 0 fully saturated rings. The van der Waals surface area contributed by atoms with Crippen molar-refractivity contribution in [2.75, 3.05) is 5.32 Å². The van der Waals surface area contributed by atoms with Gasteiger partial charge in [-0.3, -0.25) is 14.9 Å². The highest BCUT2D eigenvalue weighted by atomic mass is 32.1. The van der Waals surface area contributed by atoms with Crippen LogP contribution < -0.4 is 5.32 Å². The molecule has 3 heterocycles. The molecular weight excluding hydrogens is 322 g/mol. The van der Waals surface area contributed by atoms with Crippen LogP contribution in [0.25, 0.3) is 22.0 Å². The van der Waals surface area contributed by atoms with Gasteiger partial charge in [-0.25, -0.2) is 4.98 Å². The van der Waals surface area contributed by atoms with Crippen molar-refractivity contribution in [3.05, 3.63) is 58.9 Å². The van der Waals surface area contributed by atoms with E-state index in [-0.39, 0.29) is 5.91 Å². The molecule has 6 nitrogen and oxygen atoms in total. The number of pyridine rings is 1. The Morgan fingerprint density at radius 2 is 2.04 bits per heavy atom. The van der Waals surface area contributed by atoms with E-state index < -0.39 is 0 Å². The Morgan fingerprint density at radius 1 is 1.21 bits per heavy atom. The van der Waals surface area contributed by atoms with Crippen LogP contribution >= 0.6 is 11.3 Å². The molecule has 0 atom stereocenters. The number of aromatic nitrogens is 4. The van der Waals surface area contributed by atoms with Gasteiger partial charge in [-0.05, 0) is 42.3 Å². The predicted molar refractivity (Wildman–Crippen MR) is 94.1 cm³/mol. The Kier molecular flexibility index (Phi) is 3.55. The van der Waals surface area contributed by atoms with Crippen molar-refractivity contribution in [3.8, 4) is 11.1 Å². The molecule has 0 bridgehead atoms. The Labute approximate surface area is 141 Å². The lowest BCUT2D eigenvalue weighted by atomic mass is 10.0. The average Bonchev–Trinajstić information content (AvgIpc) is 3.24. The zero-order valence-electron chi connectivity index (χ0n) is 12.8. The average molecular weight is 335 g/mol. The number of nitrogens with one attached hydrogen (secondary N) is 2. The van der Waals surface area contributed by atoms with Crippen molar-refractivity contribution >= 4 is 33.8 Å². The summed E-state index contributed by atoms with van der Waals surface area (Å²) in [6, 6.07) is 7.78. The molecule has 0 saturated carbocycles. The Morgan fingerprint density at radius 3 is 2.79 bits per heavy atom. The standard InChI is InChI=1S/C17H13N5OS/c1-10-20-16(9-24-10)17(23)21-14-6-12(11-2-4-18-5-3-11)7-15-13(14)8-19-22-15/h2-9H,1H3,(H,19,22)(H,21,23). The molecule has 0 aliphatic heterocycles. The minimum absolute atomic E-state index is 0.228. The van der Waals surface area contributed by atoms with Crippen molar-refractivity contribution in [2.45, 2.75) is 6.92 Å². The van der Waals surface area contributed by atoms with E-state index in [0.29, 0.717) is 11.4 Å². The van der Waals surface area contributed by atoms with E-state index in [2.05, 4.69) is 25.5 Å². The number of aryl methyl sites for hydroxylation is 1. The summed E-state index contributed by atoms with van der Waals surface area (Å²) in [5, 5.41) is 13.4. The number of hydrogen-bond acceptors (Lipinski definition) is 5. The number of aromatic amines is 1. The van der Waals surface area contributed by atoms with Gasteiger partial charge in [0.15, 0.2) is 0 Å². The van der Waals surface area contributed by atoms with Gasteiger partial charge in [0.25, 0.3) is 5.91 Å². The zero-order valence-corrected chi connectivity index (χ0v) is 13.6. The van der Waals surface area contributed by atoms with Gasteiger partial charge in [-0.1, -0.05) is 0 Å². The Bertz CT molecular complexity index is 1020. The predicted octanol–water partition coefficient (Wildman–Crippen LogP) is 3.64. The molecule has 24 heavy (non-hydrogen) atoms. The summed E-state index contributed by atoms with van der Waals surface area (Å²) < 4.78 is 0. The fourth-order valence-electron chi connectivity index (χ4n) is 2.52. The number of H-pyrrole nitrogens is 1. The van der Waals surface area contributed by atoms with E-state index in [1.807, 2.05) is 31.2 Å². The molecule has 2 N–H and O–H groups in total. The van der Waals surface area contributed by atoms with Crippen LogP contribution in [0.1, 0.15) is 15.5 Å². The highest BCUT2D eigenvalue weighted by molar-refractivity contribution is 7.09. The van der Waals surface area contributed by atoms with Gasteiger partial charge in [-0.15, -0.1) is 11.3 Å². The molecule has 3 aromatic heterocycles. The molecule has 1 amide bonds. The lowest BCUT2D eigenvalue weighted by Crippen LogP contribution is -2.12. The van der Waals surface area contributed by atoms with E-state index >= 15 is 0 Å². The summed E-state index contributed by atoms with van der Waals surface area (Å²) >= 11 is 1.45. The Balaban J connectivity index is 1.76. The maximum atomic E-state index is 12.4. The highest BCUT2D eigenvalue weighted by Gasteiger charge is 2.13. The third kappa shape index (κ3) is 2.65. The van der Waals surface area contributed by atoms with Gasteiger partial charge >= 0.3 is 0 Å². The minimum atomic E-state index is -0.228. The Hall–Kier alpha value is -3.06. The van der Waals surface area contributed by atoms with Crippen molar-refractivity contribution in [1.82, 2.24) is 20.2 Å². The lowest BCUT2D eigenvalue weighted by molar-refractivity contribution is 0.102. The largest absolute Gasteiger partial charge is 0.320 e. The number of thiazole rings is 1. The third-order valence-corrected chi connectivity index (χ3v) is 4.45. The summed E-state index contributed by atoms with van der Waals surface area (Å²) in [7, 11) is 0. The van der Waals surface area contributed by atoms with Crippen molar-refractivity contribution in [2.24, 2.45) is 0 Å². The topological polar surface area (TPSA) is 83.6 Å². The summed E-state index contributed by atoms with van der Waals surface area (Å²) in [5.41, 5.74) is 3.96. The molecule has 0 aliphatic rings. The van der Waals surface area contributed by atoms with Gasteiger partial charge in [-0.2, -0.15) is 5.10 Å². The number of rotatable bonds is 3. The maximum absolute atomic E-state index is 12.4. The van der Waals surface area contributed by atoms with Gasteiger partial charge in [0, 0.05) is 23.2 Å². The molecule has 0 aliphatic carbocycles. The van der Waals surface area contributed by atoms with E-state index in [0.717, 1.165) is 27.0 Å². The van der Waals surface area contributed by atoms with Crippen LogP contribution in [-0.4, -0.2) is 26.1 Å². The van der Waals surface area contributed by atoms with Crippen LogP contribution in [-0.2, 0) is 0 Å². The van der Waals surface area contributed by atoms with Gasteiger partial charge in [0.2, 0.25) is 0 Å². The minimum Gasteiger partial charge on any atom is -0.320 e. The molecule has 4 rings (SSSR count). The first kappa shape index (κ1) is 14.5. The molecular formula is C17H13N5OS. The molecule has 118 valence electrons. The summed E-state index contributed by atoms with van der Waals surface area (Å²) in [4.78, 5) is 20.7.